The van der Waals surface area contributed by atoms with Crippen molar-refractivity contribution in [2.45, 2.75) is 18.2 Å². The quantitative estimate of drug-likeness (QED) is 0.654. The van der Waals surface area contributed by atoms with Crippen LogP contribution in [0.4, 0.5) is 0 Å². The predicted molar refractivity (Wildman–Crippen MR) is 55.9 cm³/mol. The number of rotatable bonds is 4. The Morgan fingerprint density at radius 3 is 2.50 bits per heavy atom. The predicted octanol–water partition coefficient (Wildman–Crippen LogP) is -1.31. The number of carbonyl (C=O) groups is 1. The number of nitrogens with one attached hydrogen (secondary N) is 1. The largest absolute Gasteiger partial charge is 0.480 e. The maximum atomic E-state index is 11.4. The van der Waals surface area contributed by atoms with Gasteiger partial charge >= 0.3 is 5.97 Å². The van der Waals surface area contributed by atoms with Gasteiger partial charge in [0.05, 0.1) is 11.8 Å². The van der Waals surface area contributed by atoms with Crippen LogP contribution in [0.5, 0.6) is 0 Å². The van der Waals surface area contributed by atoms with Gasteiger partial charge < -0.3 is 5.11 Å². The van der Waals surface area contributed by atoms with Gasteiger partial charge in [-0.2, -0.15) is 0 Å². The van der Waals surface area contributed by atoms with Crippen LogP contribution in [0, 0.1) is 0 Å². The lowest BCUT2D eigenvalue weighted by Gasteiger charge is -2.13. The molecule has 2 atom stereocenters. The second-order valence-electron chi connectivity index (χ2n) is 3.41. The Kier molecular flexibility index (Phi) is 3.41. The molecule has 0 aliphatic carbocycles. The number of hydrogen-bond acceptors (Lipinski definition) is 5. The van der Waals surface area contributed by atoms with Crippen molar-refractivity contribution in [2.24, 2.45) is 0 Å². The third kappa shape index (κ3) is 3.03. The van der Waals surface area contributed by atoms with Gasteiger partial charge in [-0.3, -0.25) is 4.79 Å². The lowest BCUT2D eigenvalue weighted by molar-refractivity contribution is -0.136. The van der Waals surface area contributed by atoms with Gasteiger partial charge in [-0.15, -0.1) is 0 Å². The standard InChI is InChI=1S/C7H11NO6S2/c1-5(7(9)10)16(13,14)8-6-2-3-15(11,12)4-6/h2-3,5-6,8H,4H2,1H3,(H,9,10). The fraction of sp³-hybridized carbons (Fsp3) is 0.571. The van der Waals surface area contributed by atoms with Gasteiger partial charge in [-0.05, 0) is 6.92 Å². The first-order valence-electron chi connectivity index (χ1n) is 4.29. The van der Waals surface area contributed by atoms with E-state index in [0.717, 1.165) is 12.3 Å². The third-order valence-electron chi connectivity index (χ3n) is 2.06. The average molecular weight is 269 g/mol. The van der Waals surface area contributed by atoms with E-state index in [4.69, 9.17) is 5.11 Å². The molecule has 2 N–H and O–H groups in total. The molecule has 7 nitrogen and oxygen atoms in total. The first-order valence-corrected chi connectivity index (χ1v) is 7.55. The Bertz CT molecular complexity index is 517. The van der Waals surface area contributed by atoms with Crippen molar-refractivity contribution < 1.29 is 26.7 Å². The number of carboxylic acids is 1. The van der Waals surface area contributed by atoms with Gasteiger partial charge in [0.15, 0.2) is 15.1 Å². The summed E-state index contributed by atoms with van der Waals surface area (Å²) >= 11 is 0. The van der Waals surface area contributed by atoms with Gasteiger partial charge in [-0.1, -0.05) is 6.08 Å². The molecular formula is C7H11NO6S2. The topological polar surface area (TPSA) is 118 Å². The Morgan fingerprint density at radius 2 is 2.12 bits per heavy atom. The van der Waals surface area contributed by atoms with Crippen LogP contribution in [0.2, 0.25) is 0 Å². The van der Waals surface area contributed by atoms with Gasteiger partial charge in [0.2, 0.25) is 10.0 Å². The number of sulfone groups is 1. The Morgan fingerprint density at radius 1 is 1.56 bits per heavy atom. The molecule has 0 aromatic heterocycles. The van der Waals surface area contributed by atoms with Crippen molar-refractivity contribution in [1.82, 2.24) is 4.72 Å². The van der Waals surface area contributed by atoms with Crippen LogP contribution in [-0.4, -0.2) is 45.0 Å². The summed E-state index contributed by atoms with van der Waals surface area (Å²) in [5.41, 5.74) is 0. The van der Waals surface area contributed by atoms with E-state index in [1.807, 2.05) is 4.72 Å². The Hall–Kier alpha value is -0.930. The molecule has 0 spiro atoms. The van der Waals surface area contributed by atoms with Crippen molar-refractivity contribution in [3.8, 4) is 0 Å². The van der Waals surface area contributed by atoms with Crippen molar-refractivity contribution in [2.75, 3.05) is 5.75 Å². The molecule has 92 valence electrons. The summed E-state index contributed by atoms with van der Waals surface area (Å²) < 4.78 is 46.8. The molecule has 0 saturated carbocycles. The Balaban J connectivity index is 2.77. The molecule has 16 heavy (non-hydrogen) atoms. The molecule has 1 aliphatic rings. The van der Waals surface area contributed by atoms with E-state index < -0.39 is 37.1 Å². The van der Waals surface area contributed by atoms with E-state index in [0.29, 0.717) is 0 Å². The lowest BCUT2D eigenvalue weighted by Crippen LogP contribution is -2.43. The first kappa shape index (κ1) is 13.1. The number of hydrogen-bond donors (Lipinski definition) is 2. The third-order valence-corrected chi connectivity index (χ3v) is 5.22. The van der Waals surface area contributed by atoms with Gasteiger partial charge in [0.1, 0.15) is 0 Å². The summed E-state index contributed by atoms with van der Waals surface area (Å²) in [6, 6.07) is -0.892. The smallest absolute Gasteiger partial charge is 0.323 e. The number of carboxylic acid groups (broad SMARTS) is 1. The van der Waals surface area contributed by atoms with E-state index >= 15 is 0 Å². The molecule has 0 bridgehead atoms. The highest BCUT2D eigenvalue weighted by molar-refractivity contribution is 7.94. The molecule has 0 fully saturated rings. The normalized spacial score (nSPS) is 25.4. The molecule has 1 rings (SSSR count). The maximum Gasteiger partial charge on any atom is 0.323 e. The SMILES string of the molecule is CC(C(=O)O)S(=O)(=O)NC1C=CS(=O)(=O)C1. The molecule has 0 saturated heterocycles. The summed E-state index contributed by atoms with van der Waals surface area (Å²) in [6.07, 6.45) is 1.18. The summed E-state index contributed by atoms with van der Waals surface area (Å²) in [4.78, 5) is 10.5. The van der Waals surface area contributed by atoms with E-state index in [2.05, 4.69) is 0 Å². The summed E-state index contributed by atoms with van der Waals surface area (Å²) in [6.45, 7) is 1.01. The molecule has 0 aromatic rings. The lowest BCUT2D eigenvalue weighted by atomic mass is 10.4. The first-order chi connectivity index (χ1) is 7.14. The second-order valence-corrected chi connectivity index (χ2v) is 7.37. The monoisotopic (exact) mass is 269 g/mol. The number of aliphatic carboxylic acids is 1. The van der Waals surface area contributed by atoms with Crippen LogP contribution >= 0.6 is 0 Å². The van der Waals surface area contributed by atoms with E-state index in [1.165, 1.54) is 6.08 Å². The van der Waals surface area contributed by atoms with Crippen molar-refractivity contribution >= 4 is 25.8 Å². The summed E-state index contributed by atoms with van der Waals surface area (Å²) in [7, 11) is -7.43. The molecule has 2 unspecified atom stereocenters. The van der Waals surface area contributed by atoms with Crippen LogP contribution in [0.15, 0.2) is 11.5 Å². The highest BCUT2D eigenvalue weighted by Crippen LogP contribution is 2.10. The van der Waals surface area contributed by atoms with Crippen molar-refractivity contribution in [3.63, 3.8) is 0 Å². The molecule has 0 radical (unpaired) electrons. The molecular weight excluding hydrogens is 258 g/mol. The molecule has 9 heteroatoms. The second kappa shape index (κ2) is 4.15. The van der Waals surface area contributed by atoms with Crippen molar-refractivity contribution in [3.05, 3.63) is 11.5 Å². The van der Waals surface area contributed by atoms with E-state index in [1.54, 1.807) is 0 Å². The zero-order valence-corrected chi connectivity index (χ0v) is 9.95. The highest BCUT2D eigenvalue weighted by Gasteiger charge is 2.32. The minimum atomic E-state index is -4.06. The van der Waals surface area contributed by atoms with Gasteiger partial charge in [-0.25, -0.2) is 21.6 Å². The van der Waals surface area contributed by atoms with E-state index in [9.17, 15) is 21.6 Å². The van der Waals surface area contributed by atoms with Crippen LogP contribution in [0.3, 0.4) is 0 Å². The maximum absolute atomic E-state index is 11.4. The van der Waals surface area contributed by atoms with Crippen LogP contribution in [-0.2, 0) is 24.7 Å². The minimum Gasteiger partial charge on any atom is -0.480 e. The molecule has 0 aromatic carbocycles. The van der Waals surface area contributed by atoms with Crippen LogP contribution in [0.1, 0.15) is 6.92 Å². The molecule has 1 aliphatic heterocycles. The summed E-state index contributed by atoms with van der Waals surface area (Å²) in [5.74, 6) is -1.86. The fourth-order valence-electron chi connectivity index (χ4n) is 1.10. The summed E-state index contributed by atoms with van der Waals surface area (Å²) in [5, 5.41) is 7.83. The van der Waals surface area contributed by atoms with Gasteiger partial charge in [0.25, 0.3) is 0 Å². The molecule has 0 amide bonds. The van der Waals surface area contributed by atoms with E-state index in [-0.39, 0.29) is 5.75 Å². The van der Waals surface area contributed by atoms with Crippen LogP contribution in [0.25, 0.3) is 0 Å². The minimum absolute atomic E-state index is 0.376. The van der Waals surface area contributed by atoms with Crippen LogP contribution < -0.4 is 4.72 Å². The zero-order chi connectivity index (χ0) is 12.6. The fourth-order valence-corrected chi connectivity index (χ4v) is 3.49. The van der Waals surface area contributed by atoms with Crippen molar-refractivity contribution in [1.29, 1.82) is 0 Å². The number of sulfonamides is 1. The highest BCUT2D eigenvalue weighted by atomic mass is 32.2. The van der Waals surface area contributed by atoms with Gasteiger partial charge in [0, 0.05) is 5.41 Å². The molecule has 1 heterocycles. The zero-order valence-electron chi connectivity index (χ0n) is 8.32. The Labute approximate surface area is 93.1 Å². The average Bonchev–Trinajstić information content (AvgIpc) is 2.43.